The monoisotopic (exact) mass is 303 g/mol. The number of aryl methyl sites for hydroxylation is 1. The summed E-state index contributed by atoms with van der Waals surface area (Å²) in [7, 11) is 0. The fourth-order valence-electron chi connectivity index (χ4n) is 1.73. The minimum atomic E-state index is -1.03. The summed E-state index contributed by atoms with van der Waals surface area (Å²) in [6.07, 6.45) is 2.45. The Labute approximate surface area is 127 Å². The van der Waals surface area contributed by atoms with Crippen molar-refractivity contribution in [3.63, 3.8) is 0 Å². The van der Waals surface area contributed by atoms with E-state index in [9.17, 15) is 4.79 Å². The van der Waals surface area contributed by atoms with Gasteiger partial charge in [0.15, 0.2) is 0 Å². The Hall–Kier alpha value is -2.33. The largest absolute Gasteiger partial charge is 0.487 e. The Bertz CT molecular complexity index is 683. The van der Waals surface area contributed by atoms with Crippen LogP contribution in [0.2, 0.25) is 5.02 Å². The highest BCUT2D eigenvalue weighted by molar-refractivity contribution is 6.31. The average Bonchev–Trinajstić information content (AvgIpc) is 2.45. The quantitative estimate of drug-likeness (QED) is 0.855. The first-order valence-electron chi connectivity index (χ1n) is 6.31. The molecule has 0 saturated carbocycles. The lowest BCUT2D eigenvalue weighted by Crippen LogP contribution is -2.00. The van der Waals surface area contributed by atoms with Gasteiger partial charge >= 0.3 is 5.97 Å². The van der Waals surface area contributed by atoms with Gasteiger partial charge in [0.25, 0.3) is 0 Å². The highest BCUT2D eigenvalue weighted by atomic mass is 35.5. The van der Waals surface area contributed by atoms with Gasteiger partial charge in [0.2, 0.25) is 0 Å². The van der Waals surface area contributed by atoms with E-state index in [1.165, 1.54) is 6.08 Å². The maximum absolute atomic E-state index is 10.6. The molecule has 1 N–H and O–H groups in total. The molecule has 0 radical (unpaired) electrons. The van der Waals surface area contributed by atoms with Gasteiger partial charge in [0.05, 0.1) is 0 Å². The molecule has 1 heterocycles. The molecule has 0 fully saturated rings. The predicted octanol–water partition coefficient (Wildman–Crippen LogP) is 3.72. The zero-order valence-electron chi connectivity index (χ0n) is 11.4. The van der Waals surface area contributed by atoms with E-state index in [-0.39, 0.29) is 0 Å². The normalized spacial score (nSPS) is 10.8. The molecule has 0 atom stereocenters. The summed E-state index contributed by atoms with van der Waals surface area (Å²) >= 11 is 6.07. The second kappa shape index (κ2) is 6.90. The van der Waals surface area contributed by atoms with Gasteiger partial charge in [-0.1, -0.05) is 29.8 Å². The molecule has 2 rings (SSSR count). The molecule has 0 aliphatic rings. The standard InChI is InChI=1S/C16H14ClNO3/c1-11-6-8-15(14(18-11)7-9-16(19)20)21-10-12-4-2-3-5-13(12)17/h2-9H,10H2,1H3,(H,19,20). The minimum absolute atomic E-state index is 0.290. The first-order chi connectivity index (χ1) is 10.1. The van der Waals surface area contributed by atoms with Gasteiger partial charge in [-0.05, 0) is 31.2 Å². The first kappa shape index (κ1) is 15.1. The van der Waals surface area contributed by atoms with Crippen LogP contribution in [-0.2, 0) is 11.4 Å². The van der Waals surface area contributed by atoms with Gasteiger partial charge in [-0.2, -0.15) is 0 Å². The van der Waals surface area contributed by atoms with Crippen LogP contribution in [0.15, 0.2) is 42.5 Å². The summed E-state index contributed by atoms with van der Waals surface area (Å²) < 4.78 is 5.70. The highest BCUT2D eigenvalue weighted by Gasteiger charge is 2.06. The number of nitrogens with zero attached hydrogens (tertiary/aromatic N) is 1. The molecule has 0 saturated heterocycles. The van der Waals surface area contributed by atoms with E-state index in [4.69, 9.17) is 21.4 Å². The Morgan fingerprint density at radius 1 is 1.33 bits per heavy atom. The molecule has 0 aliphatic heterocycles. The van der Waals surface area contributed by atoms with Crippen LogP contribution < -0.4 is 4.74 Å². The van der Waals surface area contributed by atoms with Crippen molar-refractivity contribution in [2.75, 3.05) is 0 Å². The van der Waals surface area contributed by atoms with E-state index in [1.54, 1.807) is 18.2 Å². The molecule has 0 bridgehead atoms. The number of carbonyl (C=O) groups is 1. The summed E-state index contributed by atoms with van der Waals surface area (Å²) in [5.74, 6) is -0.520. The van der Waals surface area contributed by atoms with Gasteiger partial charge in [-0.15, -0.1) is 0 Å². The summed E-state index contributed by atoms with van der Waals surface area (Å²) in [6.45, 7) is 2.12. The van der Waals surface area contributed by atoms with Crippen LogP contribution in [0.5, 0.6) is 5.75 Å². The van der Waals surface area contributed by atoms with Crippen LogP contribution in [0.4, 0.5) is 0 Å². The number of pyridine rings is 1. The number of ether oxygens (including phenoxy) is 1. The molecule has 5 heteroatoms. The molecule has 21 heavy (non-hydrogen) atoms. The molecular weight excluding hydrogens is 290 g/mol. The SMILES string of the molecule is Cc1ccc(OCc2ccccc2Cl)c(C=CC(=O)O)n1. The van der Waals surface area contributed by atoms with E-state index in [0.29, 0.717) is 23.1 Å². The van der Waals surface area contributed by atoms with Crippen molar-refractivity contribution < 1.29 is 14.6 Å². The van der Waals surface area contributed by atoms with Crippen molar-refractivity contribution in [2.45, 2.75) is 13.5 Å². The maximum Gasteiger partial charge on any atom is 0.328 e. The second-order valence-corrected chi connectivity index (χ2v) is 4.79. The highest BCUT2D eigenvalue weighted by Crippen LogP contribution is 2.22. The van der Waals surface area contributed by atoms with E-state index in [0.717, 1.165) is 17.3 Å². The molecule has 1 aromatic carbocycles. The van der Waals surface area contributed by atoms with Crippen LogP contribution in [0, 0.1) is 6.92 Å². The maximum atomic E-state index is 10.6. The fraction of sp³-hybridized carbons (Fsp3) is 0.125. The fourth-order valence-corrected chi connectivity index (χ4v) is 1.92. The molecule has 1 aromatic heterocycles. The van der Waals surface area contributed by atoms with Crippen molar-refractivity contribution in [1.82, 2.24) is 4.98 Å². The molecule has 0 aliphatic carbocycles. The lowest BCUT2D eigenvalue weighted by Gasteiger charge is -2.10. The third-order valence-electron chi connectivity index (χ3n) is 2.75. The number of aromatic nitrogens is 1. The van der Waals surface area contributed by atoms with Crippen molar-refractivity contribution >= 4 is 23.6 Å². The van der Waals surface area contributed by atoms with E-state index in [2.05, 4.69) is 4.98 Å². The number of hydrogen-bond donors (Lipinski definition) is 1. The number of hydrogen-bond acceptors (Lipinski definition) is 3. The summed E-state index contributed by atoms with van der Waals surface area (Å²) in [5, 5.41) is 9.33. The van der Waals surface area contributed by atoms with Crippen molar-refractivity contribution in [2.24, 2.45) is 0 Å². The van der Waals surface area contributed by atoms with Crippen LogP contribution >= 0.6 is 11.6 Å². The Balaban J connectivity index is 2.20. The Kier molecular flexibility index (Phi) is 4.95. The molecule has 2 aromatic rings. The lowest BCUT2D eigenvalue weighted by molar-refractivity contribution is -0.131. The van der Waals surface area contributed by atoms with Gasteiger partial charge in [0.1, 0.15) is 18.1 Å². The number of rotatable bonds is 5. The number of carboxylic acid groups (broad SMARTS) is 1. The van der Waals surface area contributed by atoms with E-state index >= 15 is 0 Å². The predicted molar refractivity (Wildman–Crippen MR) is 81.4 cm³/mol. The lowest BCUT2D eigenvalue weighted by atomic mass is 10.2. The van der Waals surface area contributed by atoms with Gasteiger partial charge in [-0.25, -0.2) is 9.78 Å². The Morgan fingerprint density at radius 3 is 2.81 bits per heavy atom. The summed E-state index contributed by atoms with van der Waals surface area (Å²) in [6, 6.07) is 11.0. The minimum Gasteiger partial charge on any atom is -0.487 e. The van der Waals surface area contributed by atoms with E-state index in [1.807, 2.05) is 25.1 Å². The molecule has 108 valence electrons. The third kappa shape index (κ3) is 4.33. The number of aliphatic carboxylic acids is 1. The number of benzene rings is 1. The summed E-state index contributed by atoms with van der Waals surface area (Å²) in [4.78, 5) is 14.9. The van der Waals surface area contributed by atoms with Crippen molar-refractivity contribution in [1.29, 1.82) is 0 Å². The van der Waals surface area contributed by atoms with Gasteiger partial charge in [-0.3, -0.25) is 0 Å². The molecule has 0 spiro atoms. The van der Waals surface area contributed by atoms with Crippen LogP contribution in [-0.4, -0.2) is 16.1 Å². The molecule has 0 amide bonds. The third-order valence-corrected chi connectivity index (χ3v) is 3.12. The molecular formula is C16H14ClNO3. The molecule has 0 unspecified atom stereocenters. The topological polar surface area (TPSA) is 59.4 Å². The van der Waals surface area contributed by atoms with Crippen LogP contribution in [0.25, 0.3) is 6.08 Å². The smallest absolute Gasteiger partial charge is 0.328 e. The summed E-state index contributed by atoms with van der Waals surface area (Å²) in [5.41, 5.74) is 2.11. The molecule has 4 nitrogen and oxygen atoms in total. The zero-order valence-corrected chi connectivity index (χ0v) is 12.2. The number of halogens is 1. The van der Waals surface area contributed by atoms with Gasteiger partial charge in [0, 0.05) is 22.4 Å². The zero-order chi connectivity index (χ0) is 15.2. The van der Waals surface area contributed by atoms with Crippen LogP contribution in [0.3, 0.4) is 0 Å². The average molecular weight is 304 g/mol. The second-order valence-electron chi connectivity index (χ2n) is 4.39. The van der Waals surface area contributed by atoms with Crippen molar-refractivity contribution in [3.8, 4) is 5.75 Å². The number of carboxylic acids is 1. The van der Waals surface area contributed by atoms with Gasteiger partial charge < -0.3 is 9.84 Å². The van der Waals surface area contributed by atoms with Crippen LogP contribution in [0.1, 0.15) is 17.0 Å². The van der Waals surface area contributed by atoms with Crippen molar-refractivity contribution in [3.05, 3.63) is 64.4 Å². The first-order valence-corrected chi connectivity index (χ1v) is 6.69. The Morgan fingerprint density at radius 2 is 2.10 bits per heavy atom. The van der Waals surface area contributed by atoms with E-state index < -0.39 is 5.97 Å².